The summed E-state index contributed by atoms with van der Waals surface area (Å²) in [6, 6.07) is 0. The van der Waals surface area contributed by atoms with Gasteiger partial charge in [-0.1, -0.05) is 0 Å². The molecule has 15 heavy (non-hydrogen) atoms. The molecule has 0 amide bonds. The molecule has 0 aromatic carbocycles. The van der Waals surface area contributed by atoms with Gasteiger partial charge in [0.15, 0.2) is 9.84 Å². The molecule has 1 saturated heterocycles. The van der Waals surface area contributed by atoms with E-state index in [0.29, 0.717) is 6.42 Å². The highest BCUT2D eigenvalue weighted by Crippen LogP contribution is 2.22. The number of rotatable bonds is 2. The molecule has 1 heterocycles. The van der Waals surface area contributed by atoms with Crippen LogP contribution in [0, 0.1) is 0 Å². The molecule has 0 aromatic heterocycles. The number of hydrogen-bond donors (Lipinski definition) is 1. The summed E-state index contributed by atoms with van der Waals surface area (Å²) in [5.41, 5.74) is -0.467. The molecule has 1 aliphatic rings. The van der Waals surface area contributed by atoms with Crippen LogP contribution in [0.5, 0.6) is 0 Å². The Balaban J connectivity index is 2.55. The van der Waals surface area contributed by atoms with Gasteiger partial charge in [0.05, 0.1) is 23.1 Å². The molecular formula is C9H17NO3S2. The average molecular weight is 251 g/mol. The first kappa shape index (κ1) is 12.7. The van der Waals surface area contributed by atoms with Crippen LogP contribution in [-0.2, 0) is 14.6 Å². The van der Waals surface area contributed by atoms with Crippen LogP contribution >= 0.6 is 12.2 Å². The van der Waals surface area contributed by atoms with Crippen LogP contribution in [0.15, 0.2) is 0 Å². The molecule has 88 valence electrons. The van der Waals surface area contributed by atoms with E-state index in [9.17, 15) is 8.42 Å². The fraction of sp³-hybridized carbons (Fsp3) is 0.889. The van der Waals surface area contributed by atoms with Crippen molar-refractivity contribution in [2.75, 3.05) is 11.5 Å². The summed E-state index contributed by atoms with van der Waals surface area (Å²) in [6.45, 7) is 5.61. The van der Waals surface area contributed by atoms with E-state index >= 15 is 0 Å². The smallest absolute Gasteiger partial charge is 0.257 e. The van der Waals surface area contributed by atoms with Crippen LogP contribution in [0.4, 0.5) is 0 Å². The molecule has 0 saturated carbocycles. The largest absolute Gasteiger partial charge is 0.468 e. The number of thiocarbonyl (C=S) groups is 1. The van der Waals surface area contributed by atoms with Crippen LogP contribution < -0.4 is 5.32 Å². The van der Waals surface area contributed by atoms with Gasteiger partial charge in [0.25, 0.3) is 5.17 Å². The lowest BCUT2D eigenvalue weighted by Gasteiger charge is -2.26. The summed E-state index contributed by atoms with van der Waals surface area (Å²) in [5, 5.41) is 3.25. The molecule has 0 aromatic rings. The lowest BCUT2D eigenvalue weighted by molar-refractivity contribution is 0.215. The Morgan fingerprint density at radius 2 is 2.13 bits per heavy atom. The Labute approximate surface area is 96.3 Å². The van der Waals surface area contributed by atoms with E-state index in [1.807, 2.05) is 20.8 Å². The molecule has 0 unspecified atom stereocenters. The van der Waals surface area contributed by atoms with E-state index in [4.69, 9.17) is 17.0 Å². The Kier molecular flexibility index (Phi) is 3.60. The molecule has 1 N–H and O–H groups in total. The van der Waals surface area contributed by atoms with Crippen LogP contribution in [0.2, 0.25) is 0 Å². The van der Waals surface area contributed by atoms with Gasteiger partial charge in [-0.2, -0.15) is 0 Å². The summed E-state index contributed by atoms with van der Waals surface area (Å²) in [7, 11) is -2.91. The lowest BCUT2D eigenvalue weighted by Crippen LogP contribution is -2.47. The maximum absolute atomic E-state index is 11.3. The fourth-order valence-corrected chi connectivity index (χ4v) is 4.13. The van der Waals surface area contributed by atoms with Crippen molar-refractivity contribution in [3.8, 4) is 0 Å². The number of sulfone groups is 1. The molecule has 0 spiro atoms. The van der Waals surface area contributed by atoms with Gasteiger partial charge in [-0.05, 0) is 39.4 Å². The number of hydrogen-bond acceptors (Lipinski definition) is 4. The van der Waals surface area contributed by atoms with E-state index in [2.05, 4.69) is 5.32 Å². The van der Waals surface area contributed by atoms with E-state index in [0.717, 1.165) is 0 Å². The highest BCUT2D eigenvalue weighted by atomic mass is 32.2. The van der Waals surface area contributed by atoms with Crippen molar-refractivity contribution >= 4 is 27.2 Å². The van der Waals surface area contributed by atoms with Crippen molar-refractivity contribution in [2.24, 2.45) is 0 Å². The second-order valence-corrected chi connectivity index (χ2v) is 7.04. The first-order valence-corrected chi connectivity index (χ1v) is 7.15. The SMILES string of the molecule is CC(C)OC(=S)N[C@]1(C)CCS(=O)(=O)C1. The van der Waals surface area contributed by atoms with Crippen molar-refractivity contribution < 1.29 is 13.2 Å². The molecule has 0 aliphatic carbocycles. The average Bonchev–Trinajstić information content (AvgIpc) is 2.22. The van der Waals surface area contributed by atoms with Crippen molar-refractivity contribution in [3.05, 3.63) is 0 Å². The van der Waals surface area contributed by atoms with Gasteiger partial charge in [0.2, 0.25) is 0 Å². The normalized spacial score (nSPS) is 29.1. The molecule has 1 atom stereocenters. The van der Waals surface area contributed by atoms with Gasteiger partial charge in [0, 0.05) is 0 Å². The molecule has 4 nitrogen and oxygen atoms in total. The number of ether oxygens (including phenoxy) is 1. The third-order valence-electron chi connectivity index (χ3n) is 2.25. The highest BCUT2D eigenvalue weighted by molar-refractivity contribution is 7.91. The Morgan fingerprint density at radius 1 is 1.53 bits per heavy atom. The Hall–Kier alpha value is -0.360. The van der Waals surface area contributed by atoms with E-state index in [-0.39, 0.29) is 22.8 Å². The van der Waals surface area contributed by atoms with Crippen molar-refractivity contribution in [3.63, 3.8) is 0 Å². The summed E-state index contributed by atoms with van der Waals surface area (Å²) in [4.78, 5) is 0. The van der Waals surface area contributed by atoms with Gasteiger partial charge in [-0.25, -0.2) is 8.42 Å². The molecule has 1 rings (SSSR count). The molecule has 1 fully saturated rings. The fourth-order valence-electron chi connectivity index (χ4n) is 1.60. The summed E-state index contributed by atoms with van der Waals surface area (Å²) in [6.07, 6.45) is 0.586. The first-order valence-electron chi connectivity index (χ1n) is 4.92. The highest BCUT2D eigenvalue weighted by Gasteiger charge is 2.39. The van der Waals surface area contributed by atoms with Crippen LogP contribution in [0.25, 0.3) is 0 Å². The molecule has 6 heteroatoms. The third kappa shape index (κ3) is 3.95. The number of nitrogens with one attached hydrogen (secondary N) is 1. The van der Waals surface area contributed by atoms with Crippen molar-refractivity contribution in [1.29, 1.82) is 0 Å². The minimum Gasteiger partial charge on any atom is -0.468 e. The lowest BCUT2D eigenvalue weighted by atomic mass is 10.0. The standard InChI is InChI=1S/C9H17NO3S2/c1-7(2)13-8(14)10-9(3)4-5-15(11,12)6-9/h7H,4-6H2,1-3H3,(H,10,14)/t9-/m1/s1. The predicted octanol–water partition coefficient (Wildman–Crippen LogP) is 0.863. The van der Waals surface area contributed by atoms with Gasteiger partial charge in [-0.3, -0.25) is 0 Å². The minimum absolute atomic E-state index is 0.00612. The quantitative estimate of drug-likeness (QED) is 0.738. The zero-order valence-corrected chi connectivity index (χ0v) is 10.9. The molecule has 1 aliphatic heterocycles. The van der Waals surface area contributed by atoms with Crippen LogP contribution in [0.1, 0.15) is 27.2 Å². The van der Waals surface area contributed by atoms with Gasteiger partial charge >= 0.3 is 0 Å². The zero-order chi connectivity index (χ0) is 11.7. The zero-order valence-electron chi connectivity index (χ0n) is 9.24. The van der Waals surface area contributed by atoms with E-state index < -0.39 is 15.4 Å². The summed E-state index contributed by atoms with van der Waals surface area (Å²) < 4.78 is 27.9. The van der Waals surface area contributed by atoms with Gasteiger partial charge in [0.1, 0.15) is 0 Å². The Morgan fingerprint density at radius 3 is 2.53 bits per heavy atom. The topological polar surface area (TPSA) is 55.4 Å². The van der Waals surface area contributed by atoms with Crippen LogP contribution in [-0.4, -0.2) is 36.7 Å². The van der Waals surface area contributed by atoms with Crippen LogP contribution in [0.3, 0.4) is 0 Å². The third-order valence-corrected chi connectivity index (χ3v) is 4.35. The maximum Gasteiger partial charge on any atom is 0.257 e. The van der Waals surface area contributed by atoms with E-state index in [1.165, 1.54) is 0 Å². The first-order chi connectivity index (χ1) is 6.72. The van der Waals surface area contributed by atoms with E-state index in [1.54, 1.807) is 0 Å². The van der Waals surface area contributed by atoms with Crippen molar-refractivity contribution in [1.82, 2.24) is 5.32 Å². The van der Waals surface area contributed by atoms with Gasteiger partial charge < -0.3 is 10.1 Å². The monoisotopic (exact) mass is 251 g/mol. The summed E-state index contributed by atoms with van der Waals surface area (Å²) >= 11 is 4.99. The Bertz CT molecular complexity index is 350. The van der Waals surface area contributed by atoms with Crippen molar-refractivity contribution in [2.45, 2.75) is 38.8 Å². The molecule has 0 radical (unpaired) electrons. The second-order valence-electron chi connectivity index (χ2n) is 4.48. The predicted molar refractivity (Wildman–Crippen MR) is 63.6 cm³/mol. The maximum atomic E-state index is 11.3. The molecular weight excluding hydrogens is 234 g/mol. The second kappa shape index (κ2) is 4.25. The minimum atomic E-state index is -2.91. The summed E-state index contributed by atoms with van der Waals surface area (Å²) in [5.74, 6) is 0.350. The molecule has 0 bridgehead atoms. The van der Waals surface area contributed by atoms with Gasteiger partial charge in [-0.15, -0.1) is 0 Å².